The second kappa shape index (κ2) is 10.0. The molecule has 0 amide bonds. The minimum atomic E-state index is -0.614. The minimum absolute atomic E-state index is 0.614. The van der Waals surface area contributed by atoms with Crippen molar-refractivity contribution >= 4 is 20.1 Å². The fourth-order valence-electron chi connectivity index (χ4n) is 2.97. The van der Waals surface area contributed by atoms with Gasteiger partial charge in [0.1, 0.15) is 8.80 Å². The number of nitrogens with zero attached hydrogens (tertiary/aromatic N) is 2. The summed E-state index contributed by atoms with van der Waals surface area (Å²) in [5.41, 5.74) is 1.20. The third-order valence-corrected chi connectivity index (χ3v) is 7.24. The van der Waals surface area contributed by atoms with Crippen LogP contribution in [0.3, 0.4) is 0 Å². The normalized spacial score (nSPS) is 16.8. The molecule has 23 heavy (non-hydrogen) atoms. The maximum Gasteiger partial charge on any atom is 0.117 e. The van der Waals surface area contributed by atoms with Gasteiger partial charge in [0, 0.05) is 39.0 Å². The lowest BCUT2D eigenvalue weighted by atomic mass is 10.2. The van der Waals surface area contributed by atoms with Crippen molar-refractivity contribution in [1.82, 2.24) is 9.80 Å². The number of ether oxygens (including phenoxy) is 1. The molecule has 0 aliphatic carbocycles. The van der Waals surface area contributed by atoms with Crippen LogP contribution < -0.4 is 5.19 Å². The molecule has 1 heterocycles. The molecule has 1 fully saturated rings. The van der Waals surface area contributed by atoms with Crippen molar-refractivity contribution in [2.75, 3.05) is 52.6 Å². The van der Waals surface area contributed by atoms with E-state index in [2.05, 4.69) is 54.6 Å². The first-order chi connectivity index (χ1) is 11.2. The van der Waals surface area contributed by atoms with Crippen molar-refractivity contribution in [3.05, 3.63) is 36.4 Å². The van der Waals surface area contributed by atoms with Crippen molar-refractivity contribution in [1.29, 1.82) is 0 Å². The van der Waals surface area contributed by atoms with Crippen LogP contribution >= 0.6 is 0 Å². The maximum atomic E-state index is 5.77. The van der Waals surface area contributed by atoms with Crippen molar-refractivity contribution < 1.29 is 4.74 Å². The van der Waals surface area contributed by atoms with Gasteiger partial charge in [-0.05, 0) is 32.5 Å². The summed E-state index contributed by atoms with van der Waals surface area (Å²) in [6, 6.07) is 10.2. The molecule has 0 N–H and O–H groups in total. The Balaban J connectivity index is 1.83. The summed E-state index contributed by atoms with van der Waals surface area (Å²) in [7, 11) is 1.60. The predicted molar refractivity (Wildman–Crippen MR) is 102 cm³/mol. The quantitative estimate of drug-likeness (QED) is 0.646. The molecule has 1 aromatic carbocycles. The smallest absolute Gasteiger partial charge is 0.117 e. The molecule has 0 unspecified atom stereocenters. The van der Waals surface area contributed by atoms with Gasteiger partial charge in [0.05, 0.1) is 0 Å². The van der Waals surface area contributed by atoms with Crippen molar-refractivity contribution in [3.8, 4) is 0 Å². The Labute approximate surface area is 143 Å². The third kappa shape index (κ3) is 6.22. The van der Waals surface area contributed by atoms with E-state index in [0.29, 0.717) is 0 Å². The van der Waals surface area contributed by atoms with Gasteiger partial charge in [-0.15, -0.1) is 0 Å². The Bertz CT molecular complexity index is 455. The molecule has 1 aromatic rings. The van der Waals surface area contributed by atoms with E-state index in [1.807, 2.05) is 6.08 Å². The van der Waals surface area contributed by atoms with Crippen LogP contribution in [0.15, 0.2) is 30.8 Å². The van der Waals surface area contributed by atoms with Crippen LogP contribution in [0.2, 0.25) is 6.04 Å². The zero-order valence-electron chi connectivity index (χ0n) is 14.8. The zero-order valence-corrected chi connectivity index (χ0v) is 15.8. The molecule has 0 saturated carbocycles. The van der Waals surface area contributed by atoms with Gasteiger partial charge < -0.3 is 14.5 Å². The number of hydrogen-bond donors (Lipinski definition) is 0. The van der Waals surface area contributed by atoms with E-state index < -0.39 is 8.80 Å². The maximum absolute atomic E-state index is 5.77. The summed E-state index contributed by atoms with van der Waals surface area (Å²) in [5, 5.41) is 1.49. The van der Waals surface area contributed by atoms with Gasteiger partial charge in [-0.25, -0.2) is 0 Å². The summed E-state index contributed by atoms with van der Waals surface area (Å²) in [5.74, 6) is 0. The molecule has 0 spiro atoms. The standard InChI is InChI=1S/C19H31N2OSi/c1-4-18-7-9-19(10-8-18)23(17-22-5-2)16-6-11-21-14-12-20(3)13-15-21/h4,7-10H,1,5-6,11-17H2,2-3H3. The van der Waals surface area contributed by atoms with Gasteiger partial charge in [0.2, 0.25) is 0 Å². The molecule has 0 aromatic heterocycles. The summed E-state index contributed by atoms with van der Waals surface area (Å²) >= 11 is 0. The lowest BCUT2D eigenvalue weighted by Gasteiger charge is -2.32. The van der Waals surface area contributed by atoms with Crippen LogP contribution in [0.25, 0.3) is 6.08 Å². The molecule has 4 heteroatoms. The molecule has 1 saturated heterocycles. The molecule has 1 aliphatic rings. The van der Waals surface area contributed by atoms with Crippen LogP contribution in [0, 0.1) is 0 Å². The highest BCUT2D eigenvalue weighted by atomic mass is 28.3. The molecule has 1 radical (unpaired) electrons. The molecular weight excluding hydrogens is 300 g/mol. The van der Waals surface area contributed by atoms with Crippen molar-refractivity contribution in [2.45, 2.75) is 19.4 Å². The Hall–Kier alpha value is -0.943. The largest absolute Gasteiger partial charge is 0.385 e. The number of likely N-dealkylation sites (N-methyl/N-ethyl adjacent to an activating group) is 1. The lowest BCUT2D eigenvalue weighted by molar-refractivity contribution is 0.154. The Morgan fingerprint density at radius 3 is 2.48 bits per heavy atom. The summed E-state index contributed by atoms with van der Waals surface area (Å²) in [6.45, 7) is 12.8. The molecule has 0 atom stereocenters. The van der Waals surface area contributed by atoms with Gasteiger partial charge in [-0.2, -0.15) is 0 Å². The molecule has 0 bridgehead atoms. The van der Waals surface area contributed by atoms with E-state index >= 15 is 0 Å². The van der Waals surface area contributed by atoms with E-state index in [4.69, 9.17) is 4.74 Å². The van der Waals surface area contributed by atoms with E-state index in [0.717, 1.165) is 12.8 Å². The zero-order chi connectivity index (χ0) is 16.5. The number of hydrogen-bond acceptors (Lipinski definition) is 3. The Morgan fingerprint density at radius 1 is 1.17 bits per heavy atom. The topological polar surface area (TPSA) is 15.7 Å². The Kier molecular flexibility index (Phi) is 8.02. The fourth-order valence-corrected chi connectivity index (χ4v) is 5.24. The average Bonchev–Trinajstić information content (AvgIpc) is 2.60. The molecule has 2 rings (SSSR count). The molecule has 3 nitrogen and oxygen atoms in total. The number of rotatable bonds is 9. The highest BCUT2D eigenvalue weighted by Gasteiger charge is 2.17. The second-order valence-electron chi connectivity index (χ2n) is 6.32. The Morgan fingerprint density at radius 2 is 1.87 bits per heavy atom. The monoisotopic (exact) mass is 331 g/mol. The van der Waals surface area contributed by atoms with Crippen LogP contribution in [0.5, 0.6) is 0 Å². The van der Waals surface area contributed by atoms with Gasteiger partial charge in [0.25, 0.3) is 0 Å². The van der Waals surface area contributed by atoms with E-state index in [1.165, 1.54) is 55.9 Å². The van der Waals surface area contributed by atoms with Gasteiger partial charge in [-0.1, -0.05) is 48.2 Å². The third-order valence-electron chi connectivity index (χ3n) is 4.58. The molecular formula is C19H31N2OSi. The van der Waals surface area contributed by atoms with Crippen LogP contribution in [-0.2, 0) is 4.74 Å². The van der Waals surface area contributed by atoms with Gasteiger partial charge in [0.15, 0.2) is 0 Å². The van der Waals surface area contributed by atoms with Crippen LogP contribution in [-0.4, -0.2) is 71.2 Å². The first kappa shape index (κ1) is 18.4. The van der Waals surface area contributed by atoms with Crippen LogP contribution in [0.4, 0.5) is 0 Å². The highest BCUT2D eigenvalue weighted by molar-refractivity contribution is 6.73. The fraction of sp³-hybridized carbons (Fsp3) is 0.579. The highest BCUT2D eigenvalue weighted by Crippen LogP contribution is 2.07. The number of benzene rings is 1. The van der Waals surface area contributed by atoms with E-state index in [-0.39, 0.29) is 0 Å². The van der Waals surface area contributed by atoms with Crippen molar-refractivity contribution in [2.24, 2.45) is 0 Å². The first-order valence-corrected chi connectivity index (χ1v) is 10.7. The SMILES string of the molecule is C=Cc1ccc([Si](CCCN2CCN(C)CC2)COCC)cc1. The lowest BCUT2D eigenvalue weighted by Crippen LogP contribution is -2.45. The summed E-state index contributed by atoms with van der Waals surface area (Å²) < 4.78 is 5.77. The molecule has 127 valence electrons. The second-order valence-corrected chi connectivity index (χ2v) is 8.89. The predicted octanol–water partition coefficient (Wildman–Crippen LogP) is 2.24. The first-order valence-electron chi connectivity index (χ1n) is 8.79. The van der Waals surface area contributed by atoms with Gasteiger partial charge >= 0.3 is 0 Å². The minimum Gasteiger partial charge on any atom is -0.385 e. The van der Waals surface area contributed by atoms with E-state index in [9.17, 15) is 0 Å². The average molecular weight is 332 g/mol. The van der Waals surface area contributed by atoms with Crippen molar-refractivity contribution in [3.63, 3.8) is 0 Å². The number of piperazine rings is 1. The van der Waals surface area contributed by atoms with Gasteiger partial charge in [-0.3, -0.25) is 0 Å². The summed E-state index contributed by atoms with van der Waals surface area (Å²) in [4.78, 5) is 5.03. The van der Waals surface area contributed by atoms with Crippen LogP contribution in [0.1, 0.15) is 18.9 Å². The summed E-state index contributed by atoms with van der Waals surface area (Å²) in [6.07, 6.45) is 4.12. The molecule has 1 aliphatic heterocycles. The van der Waals surface area contributed by atoms with E-state index in [1.54, 1.807) is 0 Å².